The Kier molecular flexibility index (Phi) is 4.21. The number of carbonyl (C=O) groups is 1. The topological polar surface area (TPSA) is 37.3 Å². The van der Waals surface area contributed by atoms with Crippen molar-refractivity contribution in [3.63, 3.8) is 0 Å². The summed E-state index contributed by atoms with van der Waals surface area (Å²) in [5, 5.41) is 9.45. The van der Waals surface area contributed by atoms with E-state index in [1.165, 1.54) is 19.3 Å². The van der Waals surface area contributed by atoms with Crippen molar-refractivity contribution in [2.75, 3.05) is 0 Å². The van der Waals surface area contributed by atoms with Crippen LogP contribution < -0.4 is 0 Å². The van der Waals surface area contributed by atoms with Crippen LogP contribution in [0, 0.1) is 5.92 Å². The van der Waals surface area contributed by atoms with Crippen molar-refractivity contribution >= 4 is 21.9 Å². The quantitative estimate of drug-likeness (QED) is 0.908. The molecule has 0 bridgehead atoms. The summed E-state index contributed by atoms with van der Waals surface area (Å²) >= 11 is 3.41. The normalized spacial score (nSPS) is 18.9. The summed E-state index contributed by atoms with van der Waals surface area (Å²) in [6.07, 6.45) is 5.68. The Morgan fingerprint density at radius 2 is 2.00 bits per heavy atom. The van der Waals surface area contributed by atoms with Gasteiger partial charge in [-0.3, -0.25) is 4.79 Å². The van der Waals surface area contributed by atoms with Crippen LogP contribution in [0.3, 0.4) is 0 Å². The van der Waals surface area contributed by atoms with Crippen molar-refractivity contribution in [3.05, 3.63) is 34.3 Å². The first-order valence-electron chi connectivity index (χ1n) is 6.17. The molecule has 0 aromatic heterocycles. The van der Waals surface area contributed by atoms with E-state index in [-0.39, 0.29) is 5.92 Å². The molecule has 1 saturated carbocycles. The molecule has 0 spiro atoms. The van der Waals surface area contributed by atoms with E-state index in [0.29, 0.717) is 5.92 Å². The lowest BCUT2D eigenvalue weighted by molar-refractivity contribution is -0.140. The maximum atomic E-state index is 11.5. The Labute approximate surface area is 110 Å². The van der Waals surface area contributed by atoms with Gasteiger partial charge in [0.15, 0.2) is 0 Å². The second-order valence-corrected chi connectivity index (χ2v) is 5.68. The molecule has 3 heteroatoms. The SMILES string of the molecule is O=C(O)C(c1cccc(Br)c1)C1CCCCC1. The minimum atomic E-state index is -0.685. The Hall–Kier alpha value is -0.830. The van der Waals surface area contributed by atoms with Gasteiger partial charge in [-0.2, -0.15) is 0 Å². The lowest BCUT2D eigenvalue weighted by Crippen LogP contribution is -2.23. The van der Waals surface area contributed by atoms with Gasteiger partial charge in [-0.05, 0) is 36.5 Å². The molecule has 1 unspecified atom stereocenters. The van der Waals surface area contributed by atoms with Gasteiger partial charge in [0.1, 0.15) is 0 Å². The zero-order valence-electron chi connectivity index (χ0n) is 9.73. The second kappa shape index (κ2) is 5.67. The molecule has 0 amide bonds. The fraction of sp³-hybridized carbons (Fsp3) is 0.500. The molecule has 0 radical (unpaired) electrons. The lowest BCUT2D eigenvalue weighted by Gasteiger charge is -2.27. The Morgan fingerprint density at radius 3 is 2.59 bits per heavy atom. The van der Waals surface area contributed by atoms with Gasteiger partial charge in [0, 0.05) is 4.47 Å². The molecule has 0 aliphatic heterocycles. The van der Waals surface area contributed by atoms with E-state index in [0.717, 1.165) is 22.9 Å². The molecule has 1 aliphatic carbocycles. The van der Waals surface area contributed by atoms with E-state index in [2.05, 4.69) is 15.9 Å². The Morgan fingerprint density at radius 1 is 1.29 bits per heavy atom. The van der Waals surface area contributed by atoms with Crippen molar-refractivity contribution in [1.29, 1.82) is 0 Å². The molecule has 92 valence electrons. The van der Waals surface area contributed by atoms with Gasteiger partial charge in [0.2, 0.25) is 0 Å². The minimum absolute atomic E-state index is 0.301. The van der Waals surface area contributed by atoms with Gasteiger partial charge in [0.05, 0.1) is 5.92 Å². The monoisotopic (exact) mass is 296 g/mol. The largest absolute Gasteiger partial charge is 0.481 e. The summed E-state index contributed by atoms with van der Waals surface area (Å²) in [5.41, 5.74) is 0.929. The van der Waals surface area contributed by atoms with Crippen LogP contribution >= 0.6 is 15.9 Å². The molecule has 2 nitrogen and oxygen atoms in total. The van der Waals surface area contributed by atoms with Crippen LogP contribution in [0.15, 0.2) is 28.7 Å². The standard InChI is InChI=1S/C14H17BrO2/c15-12-8-4-7-11(9-12)13(14(16)17)10-5-2-1-3-6-10/h4,7-10,13H,1-3,5-6H2,(H,16,17). The number of hydrogen-bond acceptors (Lipinski definition) is 1. The van der Waals surface area contributed by atoms with E-state index >= 15 is 0 Å². The van der Waals surface area contributed by atoms with Crippen LogP contribution in [0.5, 0.6) is 0 Å². The third-order valence-corrected chi connectivity index (χ3v) is 4.09. The maximum absolute atomic E-state index is 11.5. The fourth-order valence-electron chi connectivity index (χ4n) is 2.78. The molecule has 1 fully saturated rings. The summed E-state index contributed by atoms with van der Waals surface area (Å²) < 4.78 is 0.956. The van der Waals surface area contributed by atoms with Crippen molar-refractivity contribution in [2.24, 2.45) is 5.92 Å². The summed E-state index contributed by atoms with van der Waals surface area (Å²) in [6.45, 7) is 0. The van der Waals surface area contributed by atoms with Crippen LogP contribution in [0.4, 0.5) is 0 Å². The second-order valence-electron chi connectivity index (χ2n) is 4.77. The maximum Gasteiger partial charge on any atom is 0.311 e. The number of hydrogen-bond donors (Lipinski definition) is 1. The summed E-state index contributed by atoms with van der Waals surface area (Å²) in [6, 6.07) is 7.72. The van der Waals surface area contributed by atoms with E-state index in [1.807, 2.05) is 24.3 Å². The van der Waals surface area contributed by atoms with E-state index in [9.17, 15) is 9.90 Å². The highest BCUT2D eigenvalue weighted by molar-refractivity contribution is 9.10. The minimum Gasteiger partial charge on any atom is -0.481 e. The number of carboxylic acids is 1. The van der Waals surface area contributed by atoms with Crippen LogP contribution in [0.1, 0.15) is 43.6 Å². The molecule has 1 N–H and O–H groups in total. The molecule has 2 rings (SSSR count). The highest BCUT2D eigenvalue weighted by Gasteiger charge is 2.30. The van der Waals surface area contributed by atoms with Gasteiger partial charge >= 0.3 is 5.97 Å². The predicted molar refractivity (Wildman–Crippen MR) is 71.1 cm³/mol. The highest BCUT2D eigenvalue weighted by Crippen LogP contribution is 2.36. The molecule has 1 aromatic carbocycles. The average molecular weight is 297 g/mol. The predicted octanol–water partition coefficient (Wildman–Crippen LogP) is 4.20. The lowest BCUT2D eigenvalue weighted by atomic mass is 9.77. The first-order valence-corrected chi connectivity index (χ1v) is 6.96. The van der Waals surface area contributed by atoms with Crippen molar-refractivity contribution in [1.82, 2.24) is 0 Å². The first kappa shape index (κ1) is 12.6. The molecule has 0 heterocycles. The molecule has 1 aromatic rings. The van der Waals surface area contributed by atoms with E-state index in [1.54, 1.807) is 0 Å². The molecule has 1 aliphatic rings. The zero-order chi connectivity index (χ0) is 12.3. The fourth-order valence-corrected chi connectivity index (χ4v) is 3.20. The number of benzene rings is 1. The summed E-state index contributed by atoms with van der Waals surface area (Å²) in [7, 11) is 0. The van der Waals surface area contributed by atoms with Gasteiger partial charge in [-0.25, -0.2) is 0 Å². The molecule has 17 heavy (non-hydrogen) atoms. The van der Waals surface area contributed by atoms with E-state index < -0.39 is 5.97 Å². The van der Waals surface area contributed by atoms with Crippen LogP contribution in [0.25, 0.3) is 0 Å². The Balaban J connectivity index is 2.25. The molecular weight excluding hydrogens is 280 g/mol. The third kappa shape index (κ3) is 3.09. The average Bonchev–Trinajstić information content (AvgIpc) is 2.30. The van der Waals surface area contributed by atoms with Crippen LogP contribution in [0.2, 0.25) is 0 Å². The summed E-state index contributed by atoms with van der Waals surface area (Å²) in [4.78, 5) is 11.5. The zero-order valence-corrected chi connectivity index (χ0v) is 11.3. The van der Waals surface area contributed by atoms with Gasteiger partial charge in [0.25, 0.3) is 0 Å². The van der Waals surface area contributed by atoms with Gasteiger partial charge in [-0.15, -0.1) is 0 Å². The van der Waals surface area contributed by atoms with Gasteiger partial charge < -0.3 is 5.11 Å². The van der Waals surface area contributed by atoms with Gasteiger partial charge in [-0.1, -0.05) is 47.3 Å². The Bertz CT molecular complexity index is 397. The van der Waals surface area contributed by atoms with Crippen molar-refractivity contribution < 1.29 is 9.90 Å². The number of aliphatic carboxylic acids is 1. The summed E-state index contributed by atoms with van der Waals surface area (Å²) in [5.74, 6) is -0.724. The van der Waals surface area contributed by atoms with E-state index in [4.69, 9.17) is 0 Å². The first-order chi connectivity index (χ1) is 8.18. The number of halogens is 1. The smallest absolute Gasteiger partial charge is 0.311 e. The van der Waals surface area contributed by atoms with Crippen LogP contribution in [-0.2, 0) is 4.79 Å². The molecule has 1 atom stereocenters. The van der Waals surface area contributed by atoms with Crippen LogP contribution in [-0.4, -0.2) is 11.1 Å². The molecular formula is C14H17BrO2. The highest BCUT2D eigenvalue weighted by atomic mass is 79.9. The molecule has 0 saturated heterocycles. The van der Waals surface area contributed by atoms with Crippen molar-refractivity contribution in [2.45, 2.75) is 38.0 Å². The third-order valence-electron chi connectivity index (χ3n) is 3.60. The number of rotatable bonds is 3. The number of carboxylic acid groups (broad SMARTS) is 1. The van der Waals surface area contributed by atoms with Crippen molar-refractivity contribution in [3.8, 4) is 0 Å².